The number of non-ortho nitro benzene ring substituents is 1. The maximum atomic E-state index is 13.5. The van der Waals surface area contributed by atoms with Crippen molar-refractivity contribution >= 4 is 5.69 Å². The Morgan fingerprint density at radius 1 is 0.781 bits per heavy atom. The third kappa shape index (κ3) is 4.84. The second-order valence-electron chi connectivity index (χ2n) is 8.11. The number of nitro benzene ring substituents is 1. The zero-order chi connectivity index (χ0) is 22.7. The summed E-state index contributed by atoms with van der Waals surface area (Å²) in [5.74, 6) is -0.579. The van der Waals surface area contributed by atoms with Crippen LogP contribution in [0.4, 0.5) is 14.5 Å². The van der Waals surface area contributed by atoms with E-state index in [2.05, 4.69) is 16.7 Å². The van der Waals surface area contributed by atoms with Crippen LogP contribution in [0.2, 0.25) is 0 Å². The summed E-state index contributed by atoms with van der Waals surface area (Å²) in [5, 5.41) is 11.1. The minimum Gasteiger partial charge on any atom is -0.294 e. The number of benzene rings is 3. The normalized spacial score (nSPS) is 16.2. The molecule has 1 saturated heterocycles. The van der Waals surface area contributed by atoms with Crippen LogP contribution in [-0.2, 0) is 0 Å². The molecule has 1 unspecified atom stereocenters. The molecule has 5 nitrogen and oxygen atoms in total. The Kier molecular flexibility index (Phi) is 6.58. The molecule has 3 aromatic carbocycles. The highest BCUT2D eigenvalue weighted by atomic mass is 19.1. The number of rotatable bonds is 6. The first kappa shape index (κ1) is 22.0. The molecule has 0 aromatic heterocycles. The van der Waals surface area contributed by atoms with Crippen molar-refractivity contribution < 1.29 is 13.7 Å². The first-order valence-corrected chi connectivity index (χ1v) is 10.7. The number of hydrogen-bond donors (Lipinski definition) is 0. The van der Waals surface area contributed by atoms with Gasteiger partial charge in [-0.25, -0.2) is 8.78 Å². The minimum atomic E-state index is -0.371. The Bertz CT molecular complexity index is 1020. The molecule has 0 aliphatic carbocycles. The van der Waals surface area contributed by atoms with E-state index in [1.807, 2.05) is 6.07 Å². The lowest BCUT2D eigenvalue weighted by molar-refractivity contribution is -0.385. The predicted molar refractivity (Wildman–Crippen MR) is 119 cm³/mol. The topological polar surface area (TPSA) is 49.6 Å². The highest BCUT2D eigenvalue weighted by Crippen LogP contribution is 2.32. The highest BCUT2D eigenvalue weighted by Gasteiger charge is 2.29. The van der Waals surface area contributed by atoms with E-state index in [9.17, 15) is 18.9 Å². The summed E-state index contributed by atoms with van der Waals surface area (Å²) in [6.07, 6.45) is 0. The highest BCUT2D eigenvalue weighted by molar-refractivity contribution is 5.36. The largest absolute Gasteiger partial charge is 0.294 e. The van der Waals surface area contributed by atoms with Crippen LogP contribution >= 0.6 is 0 Å². The molecule has 3 aromatic rings. The van der Waals surface area contributed by atoms with Crippen LogP contribution in [0.1, 0.15) is 35.7 Å². The lowest BCUT2D eigenvalue weighted by atomic mass is 9.96. The first-order chi connectivity index (χ1) is 15.4. The van der Waals surface area contributed by atoms with Crippen molar-refractivity contribution in [1.29, 1.82) is 0 Å². The molecule has 0 amide bonds. The van der Waals surface area contributed by atoms with Gasteiger partial charge in [-0.3, -0.25) is 19.9 Å². The van der Waals surface area contributed by atoms with Crippen molar-refractivity contribution in [3.05, 3.63) is 111 Å². The average Bonchev–Trinajstić information content (AvgIpc) is 2.82. The lowest BCUT2D eigenvalue weighted by Gasteiger charge is -2.42. The van der Waals surface area contributed by atoms with E-state index in [0.29, 0.717) is 0 Å². The Balaban J connectivity index is 1.52. The van der Waals surface area contributed by atoms with Crippen molar-refractivity contribution in [2.45, 2.75) is 19.0 Å². The number of halogens is 2. The summed E-state index contributed by atoms with van der Waals surface area (Å²) in [4.78, 5) is 15.4. The molecule has 1 aliphatic heterocycles. The molecule has 1 heterocycles. The van der Waals surface area contributed by atoms with Crippen LogP contribution in [0.15, 0.2) is 72.8 Å². The van der Waals surface area contributed by atoms with E-state index in [0.717, 1.165) is 42.9 Å². The Hall–Kier alpha value is -3.16. The second-order valence-corrected chi connectivity index (χ2v) is 8.11. The Morgan fingerprint density at radius 2 is 1.28 bits per heavy atom. The van der Waals surface area contributed by atoms with Crippen molar-refractivity contribution in [3.8, 4) is 0 Å². The summed E-state index contributed by atoms with van der Waals surface area (Å²) in [7, 11) is 0. The summed E-state index contributed by atoms with van der Waals surface area (Å²) >= 11 is 0. The fourth-order valence-corrected chi connectivity index (χ4v) is 4.40. The number of hydrogen-bond acceptors (Lipinski definition) is 4. The first-order valence-electron chi connectivity index (χ1n) is 10.7. The summed E-state index contributed by atoms with van der Waals surface area (Å²) < 4.78 is 27.0. The van der Waals surface area contributed by atoms with Gasteiger partial charge in [0, 0.05) is 44.4 Å². The zero-order valence-corrected chi connectivity index (χ0v) is 17.8. The molecule has 32 heavy (non-hydrogen) atoms. The van der Waals surface area contributed by atoms with Crippen molar-refractivity contribution in [2.24, 2.45) is 0 Å². The van der Waals surface area contributed by atoms with E-state index >= 15 is 0 Å². The van der Waals surface area contributed by atoms with Gasteiger partial charge in [0.05, 0.1) is 11.0 Å². The Labute approximate surface area is 186 Å². The molecule has 1 fully saturated rings. The van der Waals surface area contributed by atoms with Gasteiger partial charge in [-0.1, -0.05) is 36.4 Å². The van der Waals surface area contributed by atoms with E-state index in [1.165, 1.54) is 30.3 Å². The third-order valence-corrected chi connectivity index (χ3v) is 6.20. The second kappa shape index (κ2) is 9.54. The van der Waals surface area contributed by atoms with E-state index in [4.69, 9.17) is 0 Å². The molecule has 0 N–H and O–H groups in total. The predicted octanol–water partition coefficient (Wildman–Crippen LogP) is 5.34. The standard InChI is InChI=1S/C25H25F2N3O2/c1-18(21-3-2-4-24(17-21)30(31)32)28-13-15-29(16-14-28)25(19-5-9-22(26)10-6-19)20-7-11-23(27)12-8-20/h2-12,17-18,25H,13-16H2,1H3. The molecular formula is C25H25F2N3O2. The SMILES string of the molecule is CC(c1cccc([N+](=O)[O-])c1)N1CCN(C(c2ccc(F)cc2)c2ccc(F)cc2)CC1. The minimum absolute atomic E-state index is 0.0483. The maximum Gasteiger partial charge on any atom is 0.269 e. The summed E-state index contributed by atoms with van der Waals surface area (Å²) in [6.45, 7) is 5.15. The summed E-state index contributed by atoms with van der Waals surface area (Å²) in [6, 6.07) is 19.6. The smallest absolute Gasteiger partial charge is 0.269 e. The molecule has 166 valence electrons. The number of nitro groups is 1. The monoisotopic (exact) mass is 437 g/mol. The van der Waals surface area contributed by atoms with Crippen molar-refractivity contribution in [1.82, 2.24) is 9.80 Å². The third-order valence-electron chi connectivity index (χ3n) is 6.20. The van der Waals surface area contributed by atoms with Gasteiger partial charge in [0.15, 0.2) is 0 Å². The molecule has 0 saturated carbocycles. The van der Waals surface area contributed by atoms with Crippen LogP contribution in [0.5, 0.6) is 0 Å². The molecular weight excluding hydrogens is 412 g/mol. The van der Waals surface area contributed by atoms with E-state index < -0.39 is 0 Å². The van der Waals surface area contributed by atoms with Gasteiger partial charge < -0.3 is 0 Å². The van der Waals surface area contributed by atoms with E-state index in [1.54, 1.807) is 36.4 Å². The van der Waals surface area contributed by atoms with Gasteiger partial charge in [-0.2, -0.15) is 0 Å². The van der Waals surface area contributed by atoms with Gasteiger partial charge in [-0.05, 0) is 47.9 Å². The molecule has 0 bridgehead atoms. The van der Waals surface area contributed by atoms with Crippen LogP contribution in [0.3, 0.4) is 0 Å². The van der Waals surface area contributed by atoms with Crippen LogP contribution < -0.4 is 0 Å². The molecule has 4 rings (SSSR count). The van der Waals surface area contributed by atoms with Gasteiger partial charge in [0.25, 0.3) is 5.69 Å². The molecule has 1 atom stereocenters. The molecule has 0 spiro atoms. The Morgan fingerprint density at radius 3 is 1.78 bits per heavy atom. The molecule has 0 radical (unpaired) electrons. The van der Waals surface area contributed by atoms with Crippen molar-refractivity contribution in [3.63, 3.8) is 0 Å². The van der Waals surface area contributed by atoms with Crippen LogP contribution in [0, 0.1) is 21.7 Å². The van der Waals surface area contributed by atoms with Gasteiger partial charge in [0.2, 0.25) is 0 Å². The molecule has 7 heteroatoms. The molecule has 1 aliphatic rings. The van der Waals surface area contributed by atoms with E-state index in [-0.39, 0.29) is 34.3 Å². The number of piperazine rings is 1. The van der Waals surface area contributed by atoms with Gasteiger partial charge in [0.1, 0.15) is 11.6 Å². The average molecular weight is 437 g/mol. The van der Waals surface area contributed by atoms with Crippen LogP contribution in [-0.4, -0.2) is 40.9 Å². The van der Waals surface area contributed by atoms with Gasteiger partial charge in [-0.15, -0.1) is 0 Å². The van der Waals surface area contributed by atoms with Gasteiger partial charge >= 0.3 is 0 Å². The van der Waals surface area contributed by atoms with Crippen LogP contribution in [0.25, 0.3) is 0 Å². The zero-order valence-electron chi connectivity index (χ0n) is 17.8. The quantitative estimate of drug-likeness (QED) is 0.386. The number of nitrogens with zero attached hydrogens (tertiary/aromatic N) is 3. The summed E-state index contributed by atoms with van der Waals surface area (Å²) in [5.41, 5.74) is 2.93. The fourth-order valence-electron chi connectivity index (χ4n) is 4.40. The fraction of sp³-hybridized carbons (Fsp3) is 0.280. The maximum absolute atomic E-state index is 13.5. The van der Waals surface area contributed by atoms with Crippen molar-refractivity contribution in [2.75, 3.05) is 26.2 Å². The lowest BCUT2D eigenvalue weighted by Crippen LogP contribution is -2.48.